The average molecular weight is 497 g/mol. The van der Waals surface area contributed by atoms with Gasteiger partial charge in [0.2, 0.25) is 0 Å². The summed E-state index contributed by atoms with van der Waals surface area (Å²) in [5.74, 6) is -0.575. The van der Waals surface area contributed by atoms with E-state index in [1.54, 1.807) is 23.9 Å². The minimum atomic E-state index is -4.66. The van der Waals surface area contributed by atoms with Crippen LogP contribution in [0.15, 0.2) is 30.5 Å². The number of hydrogen-bond donors (Lipinski definition) is 1. The number of aryl methyl sites for hydroxylation is 3. The molecule has 4 aromatic heterocycles. The van der Waals surface area contributed by atoms with Crippen molar-refractivity contribution in [1.29, 1.82) is 0 Å². The lowest BCUT2D eigenvalue weighted by molar-refractivity contribution is -0.142. The van der Waals surface area contributed by atoms with Gasteiger partial charge in [-0.15, -0.1) is 11.3 Å². The summed E-state index contributed by atoms with van der Waals surface area (Å²) in [5.41, 5.74) is -0.258. The first-order valence-electron chi connectivity index (χ1n) is 10.2. The minimum absolute atomic E-state index is 0.0434. The van der Waals surface area contributed by atoms with Crippen molar-refractivity contribution in [2.45, 2.75) is 39.4 Å². The third-order valence-electron chi connectivity index (χ3n) is 4.95. The molecular weight excluding hydrogens is 477 g/mol. The zero-order chi connectivity index (χ0) is 23.8. The number of fused-ring (bicyclic) bond motifs is 1. The number of nitrogens with one attached hydrogen (secondary N) is 1. The van der Waals surface area contributed by atoms with Gasteiger partial charge < -0.3 is 5.32 Å². The van der Waals surface area contributed by atoms with Crippen LogP contribution in [0.3, 0.4) is 0 Å². The quantitative estimate of drug-likeness (QED) is 0.364. The standard InChI is InChI=1S/C21H20ClF3N6OS/c1-3-13-5-6-17(33-13)15-9-18(21(23,24)25)31-19(27-15)10-16(29-31)20(32)26-7-4-8-30-11-14(22)12(2)28-30/h5-6,9-11H,3-4,7-8H2,1-2H3,(H,26,32). The first-order valence-corrected chi connectivity index (χ1v) is 11.4. The number of hydrogen-bond acceptors (Lipinski definition) is 5. The van der Waals surface area contributed by atoms with Crippen LogP contribution >= 0.6 is 22.9 Å². The minimum Gasteiger partial charge on any atom is -0.351 e. The maximum Gasteiger partial charge on any atom is 0.433 e. The van der Waals surface area contributed by atoms with E-state index in [2.05, 4.69) is 20.5 Å². The highest BCUT2D eigenvalue weighted by atomic mass is 35.5. The number of amides is 1. The van der Waals surface area contributed by atoms with Crippen molar-refractivity contribution in [2.75, 3.05) is 6.54 Å². The van der Waals surface area contributed by atoms with Gasteiger partial charge in [0, 0.05) is 30.2 Å². The highest BCUT2D eigenvalue weighted by molar-refractivity contribution is 7.15. The largest absolute Gasteiger partial charge is 0.433 e. The molecule has 12 heteroatoms. The molecule has 0 saturated heterocycles. The maximum atomic E-state index is 13.7. The molecule has 1 N–H and O–H groups in total. The van der Waals surface area contributed by atoms with Crippen LogP contribution in [0.1, 0.15) is 40.1 Å². The van der Waals surface area contributed by atoms with Gasteiger partial charge in [-0.3, -0.25) is 9.48 Å². The molecule has 7 nitrogen and oxygen atoms in total. The van der Waals surface area contributed by atoms with Gasteiger partial charge in [0.1, 0.15) is 0 Å². The molecular formula is C21H20ClF3N6OS. The zero-order valence-electron chi connectivity index (χ0n) is 17.8. The van der Waals surface area contributed by atoms with E-state index in [1.165, 1.54) is 17.4 Å². The lowest BCUT2D eigenvalue weighted by Gasteiger charge is -2.10. The van der Waals surface area contributed by atoms with Gasteiger partial charge in [0.25, 0.3) is 5.91 Å². The van der Waals surface area contributed by atoms with Crippen molar-refractivity contribution in [3.63, 3.8) is 0 Å². The Morgan fingerprint density at radius 3 is 2.67 bits per heavy atom. The smallest absolute Gasteiger partial charge is 0.351 e. The molecule has 1 amide bonds. The molecule has 0 saturated carbocycles. The number of aromatic nitrogens is 5. The molecule has 0 aliphatic rings. The molecule has 0 fully saturated rings. The zero-order valence-corrected chi connectivity index (χ0v) is 19.4. The molecule has 0 radical (unpaired) electrons. The van der Waals surface area contributed by atoms with Crippen LogP contribution in [-0.4, -0.2) is 36.8 Å². The molecule has 4 rings (SSSR count). The number of rotatable bonds is 7. The van der Waals surface area contributed by atoms with Crippen LogP contribution in [0.4, 0.5) is 13.2 Å². The second-order valence-electron chi connectivity index (χ2n) is 7.38. The summed E-state index contributed by atoms with van der Waals surface area (Å²) in [6.07, 6.45) is -1.63. The Balaban J connectivity index is 1.53. The fourth-order valence-corrected chi connectivity index (χ4v) is 4.32. The van der Waals surface area contributed by atoms with Gasteiger partial charge in [0.15, 0.2) is 17.0 Å². The van der Waals surface area contributed by atoms with Crippen molar-refractivity contribution < 1.29 is 18.0 Å². The molecule has 0 aromatic carbocycles. The number of alkyl halides is 3. The Labute approximate surface area is 196 Å². The lowest BCUT2D eigenvalue weighted by atomic mass is 10.2. The fourth-order valence-electron chi connectivity index (χ4n) is 3.26. The van der Waals surface area contributed by atoms with E-state index in [1.807, 2.05) is 13.0 Å². The van der Waals surface area contributed by atoms with Gasteiger partial charge in [-0.2, -0.15) is 23.4 Å². The molecule has 0 atom stereocenters. The van der Waals surface area contributed by atoms with Crippen molar-refractivity contribution in [3.05, 3.63) is 57.4 Å². The van der Waals surface area contributed by atoms with Crippen LogP contribution in [0.5, 0.6) is 0 Å². The number of carbonyl (C=O) groups excluding carboxylic acids is 1. The summed E-state index contributed by atoms with van der Waals surface area (Å²) in [6.45, 7) is 4.59. The maximum absolute atomic E-state index is 13.7. The molecule has 0 bridgehead atoms. The third kappa shape index (κ3) is 5.03. The van der Waals surface area contributed by atoms with E-state index in [-0.39, 0.29) is 17.0 Å². The van der Waals surface area contributed by atoms with Gasteiger partial charge in [0.05, 0.1) is 21.3 Å². The number of carbonyl (C=O) groups is 1. The molecule has 0 unspecified atom stereocenters. The summed E-state index contributed by atoms with van der Waals surface area (Å²) < 4.78 is 43.5. The van der Waals surface area contributed by atoms with E-state index in [9.17, 15) is 18.0 Å². The van der Waals surface area contributed by atoms with Gasteiger partial charge in [-0.1, -0.05) is 18.5 Å². The van der Waals surface area contributed by atoms with Crippen molar-refractivity contribution in [2.24, 2.45) is 0 Å². The van der Waals surface area contributed by atoms with Crippen LogP contribution < -0.4 is 5.32 Å². The SMILES string of the molecule is CCc1ccc(-c2cc(C(F)(F)F)n3nc(C(=O)NCCCn4cc(Cl)c(C)n4)cc3n2)s1. The molecule has 33 heavy (non-hydrogen) atoms. The predicted octanol–water partition coefficient (Wildman–Crippen LogP) is 5.02. The fraction of sp³-hybridized carbons (Fsp3) is 0.333. The molecule has 4 heterocycles. The highest BCUT2D eigenvalue weighted by Gasteiger charge is 2.35. The Morgan fingerprint density at radius 1 is 1.24 bits per heavy atom. The van der Waals surface area contributed by atoms with Crippen molar-refractivity contribution in [3.8, 4) is 10.6 Å². The summed E-state index contributed by atoms with van der Waals surface area (Å²) in [4.78, 5) is 18.5. The normalized spacial score (nSPS) is 11.9. The highest BCUT2D eigenvalue weighted by Crippen LogP contribution is 2.34. The Kier molecular flexibility index (Phi) is 6.44. The second-order valence-corrected chi connectivity index (χ2v) is 8.95. The third-order valence-corrected chi connectivity index (χ3v) is 6.57. The van der Waals surface area contributed by atoms with E-state index >= 15 is 0 Å². The van der Waals surface area contributed by atoms with Gasteiger partial charge in [-0.05, 0) is 38.0 Å². The van der Waals surface area contributed by atoms with Crippen LogP contribution in [0.25, 0.3) is 16.2 Å². The van der Waals surface area contributed by atoms with E-state index < -0.39 is 17.8 Å². The lowest BCUT2D eigenvalue weighted by Crippen LogP contribution is -2.26. The summed E-state index contributed by atoms with van der Waals surface area (Å²) >= 11 is 7.35. The Hall–Kier alpha value is -2.92. The average Bonchev–Trinajstić information content (AvgIpc) is 3.48. The molecule has 0 spiro atoms. The summed E-state index contributed by atoms with van der Waals surface area (Å²) in [6, 6.07) is 5.84. The van der Waals surface area contributed by atoms with Crippen molar-refractivity contribution >= 4 is 34.5 Å². The Morgan fingerprint density at radius 2 is 2.03 bits per heavy atom. The summed E-state index contributed by atoms with van der Waals surface area (Å²) in [7, 11) is 0. The molecule has 0 aliphatic carbocycles. The summed E-state index contributed by atoms with van der Waals surface area (Å²) in [5, 5.41) is 11.3. The molecule has 0 aliphatic heterocycles. The van der Waals surface area contributed by atoms with E-state index in [0.29, 0.717) is 39.6 Å². The monoisotopic (exact) mass is 496 g/mol. The molecule has 4 aromatic rings. The van der Waals surface area contributed by atoms with Gasteiger partial charge in [-0.25, -0.2) is 9.50 Å². The van der Waals surface area contributed by atoms with Crippen molar-refractivity contribution in [1.82, 2.24) is 29.7 Å². The topological polar surface area (TPSA) is 77.1 Å². The number of halogens is 4. The first-order chi connectivity index (χ1) is 15.7. The Bertz CT molecular complexity index is 1290. The van der Waals surface area contributed by atoms with Crippen LogP contribution in [0, 0.1) is 6.92 Å². The van der Waals surface area contributed by atoms with E-state index in [0.717, 1.165) is 17.4 Å². The number of nitrogens with zero attached hydrogens (tertiary/aromatic N) is 5. The second kappa shape index (κ2) is 9.14. The van der Waals surface area contributed by atoms with E-state index in [4.69, 9.17) is 11.6 Å². The van der Waals surface area contributed by atoms with Crippen LogP contribution in [0.2, 0.25) is 5.02 Å². The van der Waals surface area contributed by atoms with Gasteiger partial charge >= 0.3 is 6.18 Å². The first kappa shape index (κ1) is 23.2. The molecule has 174 valence electrons. The van der Waals surface area contributed by atoms with Crippen LogP contribution in [-0.2, 0) is 19.1 Å². The number of thiophene rings is 1. The predicted molar refractivity (Wildman–Crippen MR) is 120 cm³/mol.